The summed E-state index contributed by atoms with van der Waals surface area (Å²) in [7, 11) is 0. The number of unbranched alkanes of at least 4 members (excludes halogenated alkanes) is 1. The highest BCUT2D eigenvalue weighted by Crippen LogP contribution is 2.61. The fraction of sp³-hybridized carbons (Fsp3) is 0.636. The molecule has 4 nitrogen and oxygen atoms in total. The summed E-state index contributed by atoms with van der Waals surface area (Å²) in [6.45, 7) is 6.72. The van der Waals surface area contributed by atoms with E-state index in [1.165, 1.54) is 6.42 Å². The first-order chi connectivity index (χ1) is 12.8. The monoisotopic (exact) mass is 389 g/mol. The van der Waals surface area contributed by atoms with Crippen LogP contribution in [0.3, 0.4) is 0 Å². The summed E-state index contributed by atoms with van der Waals surface area (Å²) in [4.78, 5) is 24.5. The average molecular weight is 390 g/mol. The van der Waals surface area contributed by atoms with E-state index >= 15 is 0 Å². The normalized spacial score (nSPS) is 28.7. The SMILES string of the molecule is Cc1cc(C(=O)N[C@@H]2[C@@H](C/C=C/CCCC(=O)O)C[C@H]3C[C@@H]2C3(C)C)cs1. The maximum atomic E-state index is 12.7. The molecule has 1 aromatic rings. The van der Waals surface area contributed by atoms with Gasteiger partial charge in [-0.15, -0.1) is 11.3 Å². The Kier molecular flexibility index (Phi) is 6.09. The fourth-order valence-corrected chi connectivity index (χ4v) is 5.61. The lowest BCUT2D eigenvalue weighted by Crippen LogP contribution is -2.63. The lowest BCUT2D eigenvalue weighted by atomic mass is 9.44. The molecular weight excluding hydrogens is 358 g/mol. The molecule has 0 radical (unpaired) electrons. The minimum atomic E-state index is -0.732. The number of thiophene rings is 1. The van der Waals surface area contributed by atoms with E-state index in [1.54, 1.807) is 11.3 Å². The van der Waals surface area contributed by atoms with Crippen molar-refractivity contribution in [3.63, 3.8) is 0 Å². The molecule has 0 spiro atoms. The second-order valence-electron chi connectivity index (χ2n) is 8.79. The zero-order valence-electron chi connectivity index (χ0n) is 16.5. The summed E-state index contributed by atoms with van der Waals surface area (Å²) in [5, 5.41) is 14.0. The van der Waals surface area contributed by atoms with Crippen molar-refractivity contribution in [2.75, 3.05) is 0 Å². The smallest absolute Gasteiger partial charge is 0.303 e. The molecule has 0 aromatic carbocycles. The molecule has 2 bridgehead atoms. The number of aliphatic carboxylic acids is 1. The Hall–Kier alpha value is -1.62. The number of hydrogen-bond acceptors (Lipinski definition) is 3. The van der Waals surface area contributed by atoms with E-state index in [4.69, 9.17) is 5.11 Å². The predicted octanol–water partition coefficient (Wildman–Crippen LogP) is 5.04. The molecule has 1 amide bonds. The largest absolute Gasteiger partial charge is 0.481 e. The van der Waals surface area contributed by atoms with Gasteiger partial charge in [0, 0.05) is 22.7 Å². The van der Waals surface area contributed by atoms with Crippen LogP contribution >= 0.6 is 11.3 Å². The number of amides is 1. The highest BCUT2D eigenvalue weighted by Gasteiger charge is 2.57. The summed E-state index contributed by atoms with van der Waals surface area (Å²) < 4.78 is 0. The molecule has 148 valence electrons. The molecule has 4 rings (SSSR count). The molecule has 3 aliphatic carbocycles. The fourth-order valence-electron chi connectivity index (χ4n) is 4.92. The van der Waals surface area contributed by atoms with Crippen LogP contribution in [0, 0.1) is 30.1 Å². The van der Waals surface area contributed by atoms with Gasteiger partial charge in [0.25, 0.3) is 5.91 Å². The molecule has 1 heterocycles. The van der Waals surface area contributed by atoms with E-state index in [0.717, 1.165) is 35.6 Å². The second-order valence-corrected chi connectivity index (χ2v) is 9.91. The van der Waals surface area contributed by atoms with Gasteiger partial charge in [-0.25, -0.2) is 0 Å². The van der Waals surface area contributed by atoms with Crippen LogP contribution in [0.1, 0.15) is 67.6 Å². The van der Waals surface area contributed by atoms with E-state index in [2.05, 4.69) is 31.3 Å². The van der Waals surface area contributed by atoms with Gasteiger partial charge < -0.3 is 10.4 Å². The summed E-state index contributed by atoms with van der Waals surface area (Å²) in [5.74, 6) is 1.10. The third kappa shape index (κ3) is 4.45. The third-order valence-electron chi connectivity index (χ3n) is 6.73. The van der Waals surface area contributed by atoms with E-state index in [1.807, 2.05) is 18.4 Å². The summed E-state index contributed by atoms with van der Waals surface area (Å²) >= 11 is 1.62. The molecule has 3 aliphatic rings. The van der Waals surface area contributed by atoms with Crippen LogP contribution in [0.4, 0.5) is 0 Å². The van der Waals surface area contributed by atoms with Crippen LogP contribution in [-0.2, 0) is 4.79 Å². The topological polar surface area (TPSA) is 66.4 Å². The quantitative estimate of drug-likeness (QED) is 0.483. The zero-order valence-corrected chi connectivity index (χ0v) is 17.3. The van der Waals surface area contributed by atoms with Crippen LogP contribution < -0.4 is 5.32 Å². The van der Waals surface area contributed by atoms with Crippen molar-refractivity contribution >= 4 is 23.2 Å². The van der Waals surface area contributed by atoms with Crippen molar-refractivity contribution in [2.24, 2.45) is 23.2 Å². The molecule has 3 fully saturated rings. The van der Waals surface area contributed by atoms with Gasteiger partial charge in [0.1, 0.15) is 0 Å². The number of aryl methyl sites for hydroxylation is 1. The summed E-state index contributed by atoms with van der Waals surface area (Å²) in [5.41, 5.74) is 1.09. The first-order valence-corrected chi connectivity index (χ1v) is 10.9. The molecule has 0 unspecified atom stereocenters. The van der Waals surface area contributed by atoms with Gasteiger partial charge in [0.15, 0.2) is 0 Å². The van der Waals surface area contributed by atoms with E-state index in [0.29, 0.717) is 23.7 Å². The lowest BCUT2D eigenvalue weighted by Gasteiger charge is -2.62. The van der Waals surface area contributed by atoms with Crippen molar-refractivity contribution in [1.82, 2.24) is 5.32 Å². The van der Waals surface area contributed by atoms with Gasteiger partial charge in [-0.2, -0.15) is 0 Å². The van der Waals surface area contributed by atoms with Crippen LogP contribution in [0.25, 0.3) is 0 Å². The Morgan fingerprint density at radius 3 is 2.74 bits per heavy atom. The minimum absolute atomic E-state index is 0.0564. The van der Waals surface area contributed by atoms with Crippen LogP contribution in [0.2, 0.25) is 0 Å². The Labute approximate surface area is 166 Å². The van der Waals surface area contributed by atoms with Crippen LogP contribution in [-0.4, -0.2) is 23.0 Å². The minimum Gasteiger partial charge on any atom is -0.481 e. The predicted molar refractivity (Wildman–Crippen MR) is 109 cm³/mol. The maximum absolute atomic E-state index is 12.7. The van der Waals surface area contributed by atoms with Gasteiger partial charge >= 0.3 is 5.97 Å². The van der Waals surface area contributed by atoms with Gasteiger partial charge in [0.2, 0.25) is 0 Å². The molecule has 1 aromatic heterocycles. The number of carbonyl (C=O) groups excluding carboxylic acids is 1. The number of hydrogen-bond donors (Lipinski definition) is 2. The van der Waals surface area contributed by atoms with Gasteiger partial charge in [-0.3, -0.25) is 9.59 Å². The van der Waals surface area contributed by atoms with E-state index < -0.39 is 5.97 Å². The third-order valence-corrected chi connectivity index (χ3v) is 7.59. The van der Waals surface area contributed by atoms with Crippen molar-refractivity contribution in [3.05, 3.63) is 34.0 Å². The van der Waals surface area contributed by atoms with Gasteiger partial charge in [-0.05, 0) is 68.3 Å². The average Bonchev–Trinajstić information content (AvgIpc) is 3.04. The lowest BCUT2D eigenvalue weighted by molar-refractivity contribution is -0.137. The maximum Gasteiger partial charge on any atom is 0.303 e. The van der Waals surface area contributed by atoms with Crippen molar-refractivity contribution in [3.8, 4) is 0 Å². The van der Waals surface area contributed by atoms with Crippen LogP contribution in [0.5, 0.6) is 0 Å². The van der Waals surface area contributed by atoms with Crippen molar-refractivity contribution in [1.29, 1.82) is 0 Å². The summed E-state index contributed by atoms with van der Waals surface area (Å²) in [6, 6.07) is 2.19. The van der Waals surface area contributed by atoms with Gasteiger partial charge in [-0.1, -0.05) is 26.0 Å². The standard InChI is InChI=1S/C22H31NO3S/c1-14-10-16(13-27-14)21(26)23-20-15(8-6-4-5-7-9-19(24)25)11-17-12-18(20)22(17,2)3/h4,6,10,13,15,17-18,20H,5,7-9,11-12H2,1-3H3,(H,23,26)(H,24,25)/b6-4+/t15-,17-,18-,20+/m0/s1. The zero-order chi connectivity index (χ0) is 19.6. The second kappa shape index (κ2) is 8.17. The molecule has 27 heavy (non-hydrogen) atoms. The highest BCUT2D eigenvalue weighted by atomic mass is 32.1. The molecule has 5 heteroatoms. The molecular formula is C22H31NO3S. The van der Waals surface area contributed by atoms with Gasteiger partial charge in [0.05, 0.1) is 5.56 Å². The number of allylic oxidation sites excluding steroid dienone is 2. The van der Waals surface area contributed by atoms with Crippen molar-refractivity contribution < 1.29 is 14.7 Å². The van der Waals surface area contributed by atoms with Crippen LogP contribution in [0.15, 0.2) is 23.6 Å². The Balaban J connectivity index is 1.61. The molecule has 2 N–H and O–H groups in total. The first kappa shape index (κ1) is 20.1. The molecule has 0 saturated heterocycles. The number of fused-ring (bicyclic) bond motifs is 2. The highest BCUT2D eigenvalue weighted by molar-refractivity contribution is 7.10. The molecule has 4 atom stereocenters. The van der Waals surface area contributed by atoms with E-state index in [9.17, 15) is 9.59 Å². The molecule has 3 saturated carbocycles. The summed E-state index contributed by atoms with van der Waals surface area (Å²) in [6.07, 6.45) is 9.37. The number of rotatable bonds is 8. The Bertz CT molecular complexity index is 721. The molecule has 0 aliphatic heterocycles. The number of carboxylic acids is 1. The Morgan fingerprint density at radius 2 is 2.11 bits per heavy atom. The number of carbonyl (C=O) groups is 2. The number of nitrogens with one attached hydrogen (secondary N) is 1. The van der Waals surface area contributed by atoms with Crippen molar-refractivity contribution in [2.45, 2.75) is 65.3 Å². The number of carboxylic acid groups (broad SMARTS) is 1. The van der Waals surface area contributed by atoms with E-state index in [-0.39, 0.29) is 18.4 Å². The Morgan fingerprint density at radius 1 is 1.33 bits per heavy atom. The first-order valence-electron chi connectivity index (χ1n) is 10.0.